The first kappa shape index (κ1) is 27.6. The molecule has 0 aliphatic carbocycles. The molecule has 0 bridgehead atoms. The minimum absolute atomic E-state index is 0.197. The van der Waals surface area contributed by atoms with E-state index in [0.29, 0.717) is 32.2 Å². The summed E-state index contributed by atoms with van der Waals surface area (Å²) >= 11 is 0. The Morgan fingerprint density at radius 1 is 0.676 bits per heavy atom. The van der Waals surface area contributed by atoms with Crippen molar-refractivity contribution < 1.29 is 19.6 Å². The van der Waals surface area contributed by atoms with Crippen molar-refractivity contribution in [2.45, 2.75) is 45.1 Å². The highest BCUT2D eigenvalue weighted by atomic mass is 16.5. The number of hydrogen-bond acceptors (Lipinski definition) is 4. The van der Waals surface area contributed by atoms with E-state index >= 15 is 0 Å². The molecule has 0 fully saturated rings. The molecule has 0 heterocycles. The monoisotopic (exact) mass is 501 g/mol. The van der Waals surface area contributed by atoms with Crippen LogP contribution in [0.1, 0.15) is 35.1 Å². The van der Waals surface area contributed by atoms with Crippen LogP contribution in [-0.4, -0.2) is 35.5 Å². The highest BCUT2D eigenvalue weighted by molar-refractivity contribution is 6.01. The van der Waals surface area contributed by atoms with Crippen molar-refractivity contribution in [3.05, 3.63) is 107 Å². The maximum Gasteiger partial charge on any atom is 0.255 e. The topological polar surface area (TPSA) is 108 Å². The zero-order chi connectivity index (χ0) is 26.5. The summed E-state index contributed by atoms with van der Waals surface area (Å²) < 4.78 is 0. The zero-order valence-electron chi connectivity index (χ0n) is 21.2. The van der Waals surface area contributed by atoms with Crippen molar-refractivity contribution in [1.82, 2.24) is 16.1 Å². The highest BCUT2D eigenvalue weighted by Crippen LogP contribution is 2.13. The van der Waals surface area contributed by atoms with Crippen LogP contribution in [0.25, 0.3) is 0 Å². The summed E-state index contributed by atoms with van der Waals surface area (Å²) in [5.41, 5.74) is 5.89. The molecule has 0 aliphatic heterocycles. The molecule has 2 atom stereocenters. The van der Waals surface area contributed by atoms with E-state index < -0.39 is 23.8 Å². The van der Waals surface area contributed by atoms with Crippen LogP contribution in [0.3, 0.4) is 0 Å². The summed E-state index contributed by atoms with van der Waals surface area (Å²) in [6.07, 6.45) is 2.29. The second-order valence-corrected chi connectivity index (χ2v) is 9.16. The number of hydrogen-bond donors (Lipinski definition) is 4. The van der Waals surface area contributed by atoms with Gasteiger partial charge in [0.25, 0.3) is 5.91 Å². The van der Waals surface area contributed by atoms with Crippen LogP contribution in [-0.2, 0) is 33.6 Å². The van der Waals surface area contributed by atoms with E-state index in [-0.39, 0.29) is 12.3 Å². The van der Waals surface area contributed by atoms with E-state index in [2.05, 4.69) is 10.6 Å². The first-order valence-corrected chi connectivity index (χ1v) is 12.6. The fraction of sp³-hybridized carbons (Fsp3) is 0.300. The average Bonchev–Trinajstić information content (AvgIpc) is 2.93. The summed E-state index contributed by atoms with van der Waals surface area (Å²) in [6.45, 7) is 2.45. The maximum absolute atomic E-state index is 13.2. The maximum atomic E-state index is 13.2. The van der Waals surface area contributed by atoms with Gasteiger partial charge in [0.05, 0.1) is 0 Å². The lowest BCUT2D eigenvalue weighted by molar-refractivity contribution is -0.142. The van der Waals surface area contributed by atoms with Gasteiger partial charge in [-0.3, -0.25) is 19.6 Å². The van der Waals surface area contributed by atoms with Crippen molar-refractivity contribution in [1.29, 1.82) is 0 Å². The van der Waals surface area contributed by atoms with E-state index in [0.717, 1.165) is 16.7 Å². The average molecular weight is 502 g/mol. The molecule has 0 aliphatic rings. The fourth-order valence-electron chi connectivity index (χ4n) is 4.12. The number of nitrogens with one attached hydrogen (secondary N) is 3. The standard InChI is InChI=1S/C30H35N3O4/c1-22-12-14-25(15-13-22)20-21-31-30(36)27(19-17-24-10-6-3-7-11-24)32-28(34)26(29(35)33-37)18-16-23-8-4-2-5-9-23/h2-15,26-27,37H,16-21H2,1H3,(H,31,36)(H,32,34)(H,33,35)/t26-,27+/m1/s1. The third-order valence-corrected chi connectivity index (χ3v) is 6.34. The Bertz CT molecular complexity index is 1130. The molecule has 0 saturated heterocycles. The summed E-state index contributed by atoms with van der Waals surface area (Å²) in [5, 5.41) is 14.9. The Kier molecular flexibility index (Phi) is 10.9. The third kappa shape index (κ3) is 9.20. The molecule has 3 rings (SSSR count). The van der Waals surface area contributed by atoms with Crippen molar-refractivity contribution in [3.8, 4) is 0 Å². The Morgan fingerprint density at radius 3 is 1.78 bits per heavy atom. The smallest absolute Gasteiger partial charge is 0.255 e. The second kappa shape index (κ2) is 14.6. The van der Waals surface area contributed by atoms with E-state index in [1.54, 1.807) is 5.48 Å². The summed E-state index contributed by atoms with van der Waals surface area (Å²) in [6, 6.07) is 26.5. The number of amides is 3. The lowest BCUT2D eigenvalue weighted by atomic mass is 9.96. The quantitative estimate of drug-likeness (QED) is 0.163. The van der Waals surface area contributed by atoms with Gasteiger partial charge in [0.2, 0.25) is 11.8 Å². The van der Waals surface area contributed by atoms with Gasteiger partial charge in [-0.15, -0.1) is 0 Å². The molecule has 3 amide bonds. The SMILES string of the molecule is Cc1ccc(CCNC(=O)[C@H](CCc2ccccc2)NC(=O)[C@@H](CCc2ccccc2)C(=O)NO)cc1. The van der Waals surface area contributed by atoms with Crippen LogP contribution in [0.15, 0.2) is 84.9 Å². The largest absolute Gasteiger partial charge is 0.354 e. The number of carbonyl (C=O) groups is 3. The third-order valence-electron chi connectivity index (χ3n) is 6.34. The van der Waals surface area contributed by atoms with Crippen molar-refractivity contribution in [2.24, 2.45) is 5.92 Å². The Labute approximate surface area is 218 Å². The van der Waals surface area contributed by atoms with Gasteiger partial charge in [0, 0.05) is 6.54 Å². The van der Waals surface area contributed by atoms with E-state index in [1.165, 1.54) is 5.56 Å². The van der Waals surface area contributed by atoms with Crippen LogP contribution < -0.4 is 16.1 Å². The van der Waals surface area contributed by atoms with Crippen LogP contribution in [0.2, 0.25) is 0 Å². The molecule has 0 unspecified atom stereocenters. The van der Waals surface area contributed by atoms with Crippen molar-refractivity contribution >= 4 is 17.7 Å². The minimum Gasteiger partial charge on any atom is -0.354 e. The van der Waals surface area contributed by atoms with Gasteiger partial charge in [-0.25, -0.2) is 5.48 Å². The predicted octanol–water partition coefficient (Wildman–Crippen LogP) is 3.53. The molecule has 0 saturated carbocycles. The molecule has 7 nitrogen and oxygen atoms in total. The summed E-state index contributed by atoms with van der Waals surface area (Å²) in [4.78, 5) is 38.6. The summed E-state index contributed by atoms with van der Waals surface area (Å²) in [7, 11) is 0. The Hall–Kier alpha value is -3.97. The first-order chi connectivity index (χ1) is 18.0. The molecular weight excluding hydrogens is 466 g/mol. The molecular formula is C30H35N3O4. The van der Waals surface area contributed by atoms with Gasteiger partial charge >= 0.3 is 0 Å². The molecule has 0 spiro atoms. The van der Waals surface area contributed by atoms with Crippen LogP contribution in [0, 0.1) is 12.8 Å². The minimum atomic E-state index is -1.13. The zero-order valence-corrected chi connectivity index (χ0v) is 21.2. The van der Waals surface area contributed by atoms with E-state index in [4.69, 9.17) is 0 Å². The molecule has 3 aromatic rings. The predicted molar refractivity (Wildman–Crippen MR) is 143 cm³/mol. The van der Waals surface area contributed by atoms with Crippen LogP contribution >= 0.6 is 0 Å². The van der Waals surface area contributed by atoms with Gasteiger partial charge in [-0.2, -0.15) is 0 Å². The van der Waals surface area contributed by atoms with Gasteiger partial charge in [-0.05, 0) is 55.7 Å². The normalized spacial score (nSPS) is 12.3. The molecule has 37 heavy (non-hydrogen) atoms. The second-order valence-electron chi connectivity index (χ2n) is 9.16. The fourth-order valence-corrected chi connectivity index (χ4v) is 4.12. The number of rotatable bonds is 13. The van der Waals surface area contributed by atoms with Crippen molar-refractivity contribution in [2.75, 3.05) is 6.54 Å². The Morgan fingerprint density at radius 2 is 1.22 bits per heavy atom. The molecule has 4 N–H and O–H groups in total. The highest BCUT2D eigenvalue weighted by Gasteiger charge is 2.30. The van der Waals surface area contributed by atoms with Gasteiger partial charge in [-0.1, -0.05) is 90.5 Å². The molecule has 7 heteroatoms. The lowest BCUT2D eigenvalue weighted by Crippen LogP contribution is -2.51. The van der Waals surface area contributed by atoms with Gasteiger partial charge in [0.1, 0.15) is 12.0 Å². The number of hydroxylamine groups is 1. The van der Waals surface area contributed by atoms with Crippen LogP contribution in [0.4, 0.5) is 0 Å². The van der Waals surface area contributed by atoms with Crippen molar-refractivity contribution in [3.63, 3.8) is 0 Å². The van der Waals surface area contributed by atoms with E-state index in [9.17, 15) is 19.6 Å². The van der Waals surface area contributed by atoms with Gasteiger partial charge in [0.15, 0.2) is 0 Å². The lowest BCUT2D eigenvalue weighted by Gasteiger charge is -2.22. The number of carbonyl (C=O) groups excluding carboxylic acids is 3. The number of benzene rings is 3. The summed E-state index contributed by atoms with van der Waals surface area (Å²) in [5.74, 6) is -2.82. The van der Waals surface area contributed by atoms with Crippen LogP contribution in [0.5, 0.6) is 0 Å². The first-order valence-electron chi connectivity index (χ1n) is 12.6. The molecule has 0 aromatic heterocycles. The Balaban J connectivity index is 1.65. The number of aryl methyl sites for hydroxylation is 3. The van der Waals surface area contributed by atoms with Gasteiger partial charge < -0.3 is 10.6 Å². The molecule has 3 aromatic carbocycles. The molecule has 194 valence electrons. The molecule has 0 radical (unpaired) electrons. The van der Waals surface area contributed by atoms with E-state index in [1.807, 2.05) is 91.9 Å².